The fraction of sp³-hybridized carbons (Fsp3) is 0.579. The second-order valence-electron chi connectivity index (χ2n) is 7.05. The number of anilines is 1. The molecule has 2 amide bonds. The number of rotatable bonds is 6. The lowest BCUT2D eigenvalue weighted by Crippen LogP contribution is -2.41. The first-order valence-electron chi connectivity index (χ1n) is 9.36. The van der Waals surface area contributed by atoms with Gasteiger partial charge in [0, 0.05) is 49.4 Å². The molecule has 2 unspecified atom stereocenters. The molecule has 0 aromatic heterocycles. The van der Waals surface area contributed by atoms with Crippen molar-refractivity contribution in [3.8, 4) is 0 Å². The number of benzene rings is 1. The minimum Gasteiger partial charge on any atom is -0.379 e. The maximum atomic E-state index is 12.2. The molecule has 0 bridgehead atoms. The van der Waals surface area contributed by atoms with Crippen molar-refractivity contribution in [1.82, 2.24) is 10.2 Å². The summed E-state index contributed by atoms with van der Waals surface area (Å²) in [5.74, 6) is -0.0910. The maximum Gasteiger partial charge on any atom is 0.251 e. The quantitative estimate of drug-likeness (QED) is 0.634. The number of carbonyl (C=O) groups excluding carboxylic acids is 2. The van der Waals surface area contributed by atoms with E-state index in [4.69, 9.17) is 10.5 Å². The number of nitrogens with two attached hydrogens (primary N) is 1. The van der Waals surface area contributed by atoms with Gasteiger partial charge in [-0.25, -0.2) is 0 Å². The predicted molar refractivity (Wildman–Crippen MR) is 114 cm³/mol. The van der Waals surface area contributed by atoms with Gasteiger partial charge in [0.05, 0.1) is 13.2 Å². The van der Waals surface area contributed by atoms with E-state index in [1.165, 1.54) is 0 Å². The van der Waals surface area contributed by atoms with Gasteiger partial charge in [0.15, 0.2) is 0 Å². The first-order valence-corrected chi connectivity index (χ1v) is 9.36. The molecular weight excluding hydrogens is 403 g/mol. The Morgan fingerprint density at radius 2 is 1.79 bits per heavy atom. The summed E-state index contributed by atoms with van der Waals surface area (Å²) in [5.41, 5.74) is 7.16. The van der Waals surface area contributed by atoms with Crippen LogP contribution in [-0.4, -0.2) is 62.1 Å². The van der Waals surface area contributed by atoms with Gasteiger partial charge in [-0.15, -0.1) is 24.8 Å². The summed E-state index contributed by atoms with van der Waals surface area (Å²) in [5, 5.41) is 5.85. The summed E-state index contributed by atoms with van der Waals surface area (Å²) in [7, 11) is 0. The summed E-state index contributed by atoms with van der Waals surface area (Å²) in [6, 6.07) is 7.14. The monoisotopic (exact) mass is 432 g/mol. The smallest absolute Gasteiger partial charge is 0.251 e. The highest BCUT2D eigenvalue weighted by atomic mass is 35.5. The molecule has 2 aliphatic rings. The highest BCUT2D eigenvalue weighted by Gasteiger charge is 2.27. The van der Waals surface area contributed by atoms with E-state index < -0.39 is 0 Å². The van der Waals surface area contributed by atoms with E-state index in [1.54, 1.807) is 24.3 Å². The van der Waals surface area contributed by atoms with E-state index in [2.05, 4.69) is 15.5 Å². The molecule has 4 N–H and O–H groups in total. The predicted octanol–water partition coefficient (Wildman–Crippen LogP) is 1.66. The van der Waals surface area contributed by atoms with Crippen molar-refractivity contribution in [1.29, 1.82) is 0 Å². The molecule has 0 spiro atoms. The number of nitrogens with one attached hydrogen (secondary N) is 2. The molecule has 0 radical (unpaired) electrons. The van der Waals surface area contributed by atoms with Crippen LogP contribution in [0.4, 0.5) is 5.69 Å². The van der Waals surface area contributed by atoms with Crippen LogP contribution in [0.5, 0.6) is 0 Å². The van der Waals surface area contributed by atoms with Crippen LogP contribution in [0.3, 0.4) is 0 Å². The van der Waals surface area contributed by atoms with Gasteiger partial charge < -0.3 is 21.1 Å². The van der Waals surface area contributed by atoms with Crippen LogP contribution in [0.25, 0.3) is 0 Å². The molecule has 158 valence electrons. The van der Waals surface area contributed by atoms with Crippen molar-refractivity contribution < 1.29 is 14.3 Å². The Labute approximate surface area is 178 Å². The molecule has 2 fully saturated rings. The van der Waals surface area contributed by atoms with Crippen molar-refractivity contribution in [3.63, 3.8) is 0 Å². The molecule has 1 saturated carbocycles. The topological polar surface area (TPSA) is 96.7 Å². The molecule has 1 aromatic rings. The lowest BCUT2D eigenvalue weighted by molar-refractivity contribution is -0.119. The van der Waals surface area contributed by atoms with Gasteiger partial charge in [-0.05, 0) is 43.5 Å². The van der Waals surface area contributed by atoms with Gasteiger partial charge in [0.25, 0.3) is 5.91 Å². The van der Waals surface area contributed by atoms with Gasteiger partial charge in [-0.1, -0.05) is 0 Å². The van der Waals surface area contributed by atoms with E-state index in [1.807, 2.05) is 0 Å². The van der Waals surface area contributed by atoms with Crippen molar-refractivity contribution in [2.45, 2.75) is 25.3 Å². The van der Waals surface area contributed by atoms with Gasteiger partial charge in [-0.3, -0.25) is 14.5 Å². The Hall–Kier alpha value is -1.38. The zero-order chi connectivity index (χ0) is 18.4. The summed E-state index contributed by atoms with van der Waals surface area (Å²) < 4.78 is 5.31. The molecule has 1 aliphatic heterocycles. The highest BCUT2D eigenvalue weighted by Crippen LogP contribution is 2.25. The molecule has 1 aromatic carbocycles. The van der Waals surface area contributed by atoms with Crippen molar-refractivity contribution in [2.75, 3.05) is 44.7 Å². The molecule has 1 heterocycles. The largest absolute Gasteiger partial charge is 0.379 e. The minimum atomic E-state index is -0.0992. The zero-order valence-electron chi connectivity index (χ0n) is 15.9. The number of nitrogens with zero attached hydrogens (tertiary/aromatic N) is 1. The summed E-state index contributed by atoms with van der Waals surface area (Å²) >= 11 is 0. The van der Waals surface area contributed by atoms with Gasteiger partial charge >= 0.3 is 0 Å². The second kappa shape index (κ2) is 12.2. The Balaban J connectivity index is 0.00000196. The molecular formula is C19H30Cl2N4O3. The fourth-order valence-corrected chi connectivity index (χ4v) is 3.46. The van der Waals surface area contributed by atoms with Crippen molar-refractivity contribution in [2.24, 2.45) is 11.7 Å². The number of hydrogen-bond donors (Lipinski definition) is 3. The van der Waals surface area contributed by atoms with Gasteiger partial charge in [0.1, 0.15) is 0 Å². The molecule has 1 saturated heterocycles. The summed E-state index contributed by atoms with van der Waals surface area (Å²) in [6.45, 7) is 4.78. The highest BCUT2D eigenvalue weighted by molar-refractivity contribution is 5.96. The fourth-order valence-electron chi connectivity index (χ4n) is 3.46. The van der Waals surface area contributed by atoms with Gasteiger partial charge in [-0.2, -0.15) is 0 Å². The molecule has 2 atom stereocenters. The lowest BCUT2D eigenvalue weighted by Gasteiger charge is -2.26. The molecule has 1 aliphatic carbocycles. The normalized spacial score (nSPS) is 21.9. The van der Waals surface area contributed by atoms with E-state index in [0.29, 0.717) is 17.8 Å². The van der Waals surface area contributed by atoms with E-state index >= 15 is 0 Å². The van der Waals surface area contributed by atoms with E-state index in [9.17, 15) is 9.59 Å². The number of ether oxygens (including phenoxy) is 1. The van der Waals surface area contributed by atoms with Crippen LogP contribution in [-0.2, 0) is 9.53 Å². The van der Waals surface area contributed by atoms with Gasteiger partial charge in [0.2, 0.25) is 5.91 Å². The Morgan fingerprint density at radius 3 is 2.39 bits per heavy atom. The van der Waals surface area contributed by atoms with Crippen LogP contribution >= 0.6 is 24.8 Å². The van der Waals surface area contributed by atoms with E-state index in [-0.39, 0.29) is 48.6 Å². The van der Waals surface area contributed by atoms with Crippen LogP contribution in [0.1, 0.15) is 29.6 Å². The van der Waals surface area contributed by atoms with Crippen molar-refractivity contribution in [3.05, 3.63) is 29.8 Å². The average molecular weight is 433 g/mol. The minimum absolute atomic E-state index is 0. The lowest BCUT2D eigenvalue weighted by atomic mass is 10.1. The van der Waals surface area contributed by atoms with Crippen LogP contribution in [0, 0.1) is 5.92 Å². The first kappa shape index (κ1) is 24.7. The maximum absolute atomic E-state index is 12.2. The third-order valence-corrected chi connectivity index (χ3v) is 5.08. The molecule has 3 rings (SSSR count). The van der Waals surface area contributed by atoms with E-state index in [0.717, 1.165) is 52.1 Å². The SMILES string of the molecule is Cl.Cl.NC1CCC(C(=O)Nc2ccc(C(=O)NCCN3CCOCC3)cc2)C1. The first-order chi connectivity index (χ1) is 12.6. The number of carbonyl (C=O) groups is 2. The molecule has 7 nitrogen and oxygen atoms in total. The number of morpholine rings is 1. The average Bonchev–Trinajstić information content (AvgIpc) is 3.10. The standard InChI is InChI=1S/C19H28N4O3.2ClH/c20-16-4-1-15(13-16)19(25)22-17-5-2-14(3-6-17)18(24)21-7-8-23-9-11-26-12-10-23;;/h2-3,5-6,15-16H,1,4,7-13,20H2,(H,21,24)(H,22,25);2*1H. The second-order valence-corrected chi connectivity index (χ2v) is 7.05. The molecule has 9 heteroatoms. The third kappa shape index (κ3) is 7.22. The Kier molecular flexibility index (Phi) is 10.8. The molecule has 28 heavy (non-hydrogen) atoms. The number of halogens is 2. The Morgan fingerprint density at radius 1 is 1.11 bits per heavy atom. The van der Waals surface area contributed by atoms with Crippen LogP contribution in [0.2, 0.25) is 0 Å². The van der Waals surface area contributed by atoms with Crippen molar-refractivity contribution >= 4 is 42.3 Å². The van der Waals surface area contributed by atoms with Crippen LogP contribution < -0.4 is 16.4 Å². The number of hydrogen-bond acceptors (Lipinski definition) is 5. The number of amides is 2. The summed E-state index contributed by atoms with van der Waals surface area (Å²) in [6.07, 6.45) is 2.49. The Bertz CT molecular complexity index is 624. The summed E-state index contributed by atoms with van der Waals surface area (Å²) in [4.78, 5) is 26.7. The zero-order valence-corrected chi connectivity index (χ0v) is 17.5. The third-order valence-electron chi connectivity index (χ3n) is 5.08. The van der Waals surface area contributed by atoms with Crippen LogP contribution in [0.15, 0.2) is 24.3 Å².